The van der Waals surface area contributed by atoms with E-state index in [0.29, 0.717) is 22.4 Å². The number of rotatable bonds is 3. The van der Waals surface area contributed by atoms with Gasteiger partial charge in [0.05, 0.1) is 23.3 Å². The van der Waals surface area contributed by atoms with E-state index >= 15 is 0 Å². The predicted octanol–water partition coefficient (Wildman–Crippen LogP) is 0.641. The number of hydrogen-bond acceptors (Lipinski definition) is 5. The minimum Gasteiger partial charge on any atom is -0.408 e. The van der Waals surface area contributed by atoms with Gasteiger partial charge in [-0.25, -0.2) is 10.6 Å². The average Bonchev–Trinajstić information content (AvgIpc) is 2.83. The van der Waals surface area contributed by atoms with Crippen LogP contribution in [0.3, 0.4) is 0 Å². The Bertz CT molecular complexity index is 849. The Morgan fingerprint density at radius 1 is 1.29 bits per heavy atom. The normalized spacial score (nSPS) is 10.7. The molecule has 7 nitrogen and oxygen atoms in total. The summed E-state index contributed by atoms with van der Waals surface area (Å²) in [5, 5.41) is 0. The molecule has 21 heavy (non-hydrogen) atoms. The molecule has 0 aliphatic heterocycles. The number of benzene rings is 1. The quantitative estimate of drug-likeness (QED) is 0.417. The lowest BCUT2D eigenvalue weighted by atomic mass is 10.2. The second-order valence-corrected chi connectivity index (χ2v) is 4.43. The topological polar surface area (TPSA) is 103 Å². The van der Waals surface area contributed by atoms with Gasteiger partial charge in [0.2, 0.25) is 0 Å². The highest BCUT2D eigenvalue weighted by Crippen LogP contribution is 2.13. The maximum atomic E-state index is 11.9. The Morgan fingerprint density at radius 3 is 2.81 bits per heavy atom. The van der Waals surface area contributed by atoms with Crippen LogP contribution in [-0.2, 0) is 6.54 Å². The lowest BCUT2D eigenvalue weighted by Gasteiger charge is -2.03. The molecule has 3 rings (SSSR count). The van der Waals surface area contributed by atoms with Crippen LogP contribution in [0, 0.1) is 0 Å². The fraction of sp³-hybridized carbons (Fsp3) is 0.0714. The molecule has 0 atom stereocenters. The van der Waals surface area contributed by atoms with Gasteiger partial charge in [0, 0.05) is 6.20 Å². The number of fused-ring (bicyclic) bond motifs is 1. The number of nitrogens with one attached hydrogen (secondary N) is 1. The first-order valence-electron chi connectivity index (χ1n) is 6.23. The van der Waals surface area contributed by atoms with E-state index in [2.05, 4.69) is 4.98 Å². The Morgan fingerprint density at radius 2 is 2.10 bits per heavy atom. The molecule has 0 fully saturated rings. The van der Waals surface area contributed by atoms with E-state index in [1.54, 1.807) is 30.3 Å². The fourth-order valence-corrected chi connectivity index (χ4v) is 2.06. The van der Waals surface area contributed by atoms with Crippen molar-refractivity contribution in [2.24, 2.45) is 5.84 Å². The second kappa shape index (κ2) is 5.22. The first kappa shape index (κ1) is 13.1. The molecule has 0 spiro atoms. The van der Waals surface area contributed by atoms with Crippen molar-refractivity contribution in [1.82, 2.24) is 15.0 Å². The summed E-state index contributed by atoms with van der Waals surface area (Å²) in [5.74, 6) is 4.19. The van der Waals surface area contributed by atoms with Crippen molar-refractivity contribution in [3.63, 3.8) is 0 Å². The molecule has 0 radical (unpaired) electrons. The summed E-state index contributed by atoms with van der Waals surface area (Å²) in [6, 6.07) is 10.4. The van der Waals surface area contributed by atoms with Gasteiger partial charge in [0.1, 0.15) is 0 Å². The first-order chi connectivity index (χ1) is 10.2. The predicted molar refractivity (Wildman–Crippen MR) is 75.5 cm³/mol. The van der Waals surface area contributed by atoms with Gasteiger partial charge in [-0.2, -0.15) is 0 Å². The van der Waals surface area contributed by atoms with E-state index in [1.165, 1.54) is 10.8 Å². The molecule has 3 N–H and O–H groups in total. The van der Waals surface area contributed by atoms with Crippen LogP contribution in [0.25, 0.3) is 11.1 Å². The van der Waals surface area contributed by atoms with E-state index in [4.69, 9.17) is 10.3 Å². The Labute approximate surface area is 119 Å². The number of hydrazine groups is 1. The number of oxazole rings is 1. The number of para-hydroxylation sites is 2. The summed E-state index contributed by atoms with van der Waals surface area (Å²) >= 11 is 0. The number of amides is 1. The second-order valence-electron chi connectivity index (χ2n) is 4.43. The summed E-state index contributed by atoms with van der Waals surface area (Å²) in [6.07, 6.45) is 1.41. The molecule has 0 saturated carbocycles. The summed E-state index contributed by atoms with van der Waals surface area (Å²) in [7, 11) is 0. The third kappa shape index (κ3) is 2.41. The van der Waals surface area contributed by atoms with E-state index < -0.39 is 11.7 Å². The molecule has 3 aromatic rings. The maximum absolute atomic E-state index is 11.9. The van der Waals surface area contributed by atoms with E-state index in [9.17, 15) is 9.59 Å². The molecule has 1 aromatic carbocycles. The van der Waals surface area contributed by atoms with E-state index in [0.717, 1.165) is 0 Å². The zero-order valence-electron chi connectivity index (χ0n) is 10.9. The Balaban J connectivity index is 1.94. The van der Waals surface area contributed by atoms with Gasteiger partial charge in [0.25, 0.3) is 5.91 Å². The highest BCUT2D eigenvalue weighted by Gasteiger charge is 2.10. The number of nitrogens with two attached hydrogens (primary N) is 1. The highest BCUT2D eigenvalue weighted by atomic mass is 16.4. The van der Waals surface area contributed by atoms with Crippen LogP contribution in [-0.4, -0.2) is 15.5 Å². The summed E-state index contributed by atoms with van der Waals surface area (Å²) in [6.45, 7) is 0.264. The standard InChI is InChI=1S/C14H12N4O3/c15-17-13(19)9-5-6-10(16-7-9)8-18-11-3-1-2-4-12(11)21-14(18)20/h1-7H,8,15H2,(H,17,19). The molecule has 0 unspecified atom stereocenters. The van der Waals surface area contributed by atoms with E-state index in [-0.39, 0.29) is 6.54 Å². The van der Waals surface area contributed by atoms with Crippen molar-refractivity contribution < 1.29 is 9.21 Å². The number of carbonyl (C=O) groups excluding carboxylic acids is 1. The van der Waals surface area contributed by atoms with Crippen molar-refractivity contribution >= 4 is 17.0 Å². The van der Waals surface area contributed by atoms with Crippen LogP contribution in [0.15, 0.2) is 51.8 Å². The average molecular weight is 284 g/mol. The number of hydrogen-bond donors (Lipinski definition) is 2. The zero-order valence-corrected chi connectivity index (χ0v) is 10.9. The molecule has 2 heterocycles. The van der Waals surface area contributed by atoms with Crippen molar-refractivity contribution in [1.29, 1.82) is 0 Å². The number of aromatic nitrogens is 2. The fourth-order valence-electron chi connectivity index (χ4n) is 2.06. The molecule has 2 aromatic heterocycles. The van der Waals surface area contributed by atoms with Crippen molar-refractivity contribution in [3.05, 3.63) is 64.4 Å². The monoisotopic (exact) mass is 284 g/mol. The molecule has 106 valence electrons. The maximum Gasteiger partial charge on any atom is 0.420 e. The minimum absolute atomic E-state index is 0.264. The van der Waals surface area contributed by atoms with Crippen LogP contribution in [0.2, 0.25) is 0 Å². The lowest BCUT2D eigenvalue weighted by molar-refractivity contribution is 0.0953. The van der Waals surface area contributed by atoms with Gasteiger partial charge in [-0.3, -0.25) is 19.8 Å². The Hall–Kier alpha value is -2.93. The molecule has 1 amide bonds. The van der Waals surface area contributed by atoms with Crippen molar-refractivity contribution in [3.8, 4) is 0 Å². The van der Waals surface area contributed by atoms with Crippen LogP contribution in [0.1, 0.15) is 16.1 Å². The number of pyridine rings is 1. The third-order valence-corrected chi connectivity index (χ3v) is 3.11. The smallest absolute Gasteiger partial charge is 0.408 e. The van der Waals surface area contributed by atoms with E-state index in [1.807, 2.05) is 11.5 Å². The molecule has 0 aliphatic rings. The third-order valence-electron chi connectivity index (χ3n) is 3.11. The summed E-state index contributed by atoms with van der Waals surface area (Å²) in [5.41, 5.74) is 4.25. The molecule has 0 saturated heterocycles. The molecular formula is C14H12N4O3. The first-order valence-corrected chi connectivity index (χ1v) is 6.23. The van der Waals surface area contributed by atoms with Crippen LogP contribution in [0.5, 0.6) is 0 Å². The van der Waals surface area contributed by atoms with Gasteiger partial charge in [0.15, 0.2) is 5.58 Å². The molecule has 7 heteroatoms. The lowest BCUT2D eigenvalue weighted by Crippen LogP contribution is -2.30. The highest BCUT2D eigenvalue weighted by molar-refractivity contribution is 5.93. The van der Waals surface area contributed by atoms with Crippen molar-refractivity contribution in [2.75, 3.05) is 0 Å². The van der Waals surface area contributed by atoms with Crippen LogP contribution in [0.4, 0.5) is 0 Å². The number of nitrogen functional groups attached to an aromatic ring is 1. The minimum atomic E-state index is -0.443. The number of nitrogens with zero attached hydrogens (tertiary/aromatic N) is 2. The SMILES string of the molecule is NNC(=O)c1ccc(Cn2c(=O)oc3ccccc32)nc1. The molecular weight excluding hydrogens is 272 g/mol. The largest absolute Gasteiger partial charge is 0.420 e. The molecule has 0 aliphatic carbocycles. The van der Waals surface area contributed by atoms with Crippen LogP contribution < -0.4 is 17.0 Å². The Kier molecular flexibility index (Phi) is 3.25. The van der Waals surface area contributed by atoms with Gasteiger partial charge < -0.3 is 4.42 Å². The van der Waals surface area contributed by atoms with Gasteiger partial charge in [-0.1, -0.05) is 12.1 Å². The number of carbonyl (C=O) groups is 1. The zero-order chi connectivity index (χ0) is 14.8. The van der Waals surface area contributed by atoms with Gasteiger partial charge in [-0.15, -0.1) is 0 Å². The van der Waals surface area contributed by atoms with Crippen molar-refractivity contribution in [2.45, 2.75) is 6.54 Å². The van der Waals surface area contributed by atoms with Crippen LogP contribution >= 0.6 is 0 Å². The molecule has 0 bridgehead atoms. The van der Waals surface area contributed by atoms with Gasteiger partial charge in [-0.05, 0) is 24.3 Å². The summed E-state index contributed by atoms with van der Waals surface area (Å²) < 4.78 is 6.64. The van der Waals surface area contributed by atoms with Gasteiger partial charge >= 0.3 is 5.76 Å². The summed E-state index contributed by atoms with van der Waals surface area (Å²) in [4.78, 5) is 27.3.